The molecule has 10 heteroatoms. The van der Waals surface area contributed by atoms with Crippen LogP contribution in [0.25, 0.3) is 0 Å². The fourth-order valence-corrected chi connectivity index (χ4v) is 2.36. The molecule has 1 aromatic carbocycles. The van der Waals surface area contributed by atoms with Gasteiger partial charge in [0.15, 0.2) is 6.61 Å². The number of halogens is 1. The van der Waals surface area contributed by atoms with Gasteiger partial charge in [0.05, 0.1) is 10.6 Å². The Morgan fingerprint density at radius 2 is 1.85 bits per heavy atom. The Hall–Kier alpha value is -3.27. The van der Waals surface area contributed by atoms with Crippen molar-refractivity contribution in [3.05, 3.63) is 52.5 Å². The zero-order chi connectivity index (χ0) is 18.9. The summed E-state index contributed by atoms with van der Waals surface area (Å²) in [6.45, 7) is -1.15. The van der Waals surface area contributed by atoms with E-state index < -0.39 is 42.8 Å². The number of ether oxygens (including phenoxy) is 1. The average Bonchev–Trinajstić information content (AvgIpc) is 3.14. The zero-order valence-corrected chi connectivity index (χ0v) is 14.1. The molecule has 0 fully saturated rings. The maximum absolute atomic E-state index is 13.4. The number of imide groups is 1. The quantitative estimate of drug-likeness (QED) is 0.659. The number of carbonyl (C=O) groups excluding carboxylic acids is 4. The second-order valence-corrected chi connectivity index (χ2v) is 5.75. The van der Waals surface area contributed by atoms with Crippen molar-refractivity contribution in [3.8, 4) is 0 Å². The lowest BCUT2D eigenvalue weighted by molar-refractivity contribution is -0.147. The van der Waals surface area contributed by atoms with E-state index in [9.17, 15) is 23.6 Å². The molecule has 2 rings (SSSR count). The van der Waals surface area contributed by atoms with Crippen LogP contribution in [-0.4, -0.2) is 37.0 Å². The van der Waals surface area contributed by atoms with Crippen LogP contribution in [0.15, 0.2) is 41.8 Å². The summed E-state index contributed by atoms with van der Waals surface area (Å²) in [4.78, 5) is 46.6. The molecule has 0 bridgehead atoms. The molecular weight excluding hydrogens is 365 g/mol. The lowest BCUT2D eigenvalue weighted by Gasteiger charge is -2.08. The van der Waals surface area contributed by atoms with E-state index in [1.807, 2.05) is 5.32 Å². The van der Waals surface area contributed by atoms with Gasteiger partial charge in [0.25, 0.3) is 11.8 Å². The summed E-state index contributed by atoms with van der Waals surface area (Å²) in [6.07, 6.45) is 0. The normalized spacial score (nSPS) is 9.88. The number of amides is 4. The minimum atomic E-state index is -0.970. The van der Waals surface area contributed by atoms with E-state index in [2.05, 4.69) is 15.4 Å². The van der Waals surface area contributed by atoms with E-state index in [1.54, 1.807) is 17.5 Å². The lowest BCUT2D eigenvalue weighted by Crippen LogP contribution is -2.38. The van der Waals surface area contributed by atoms with Gasteiger partial charge in [0.1, 0.15) is 12.4 Å². The van der Waals surface area contributed by atoms with Gasteiger partial charge in [0.2, 0.25) is 0 Å². The molecule has 26 heavy (non-hydrogen) atoms. The number of esters is 1. The number of urea groups is 1. The van der Waals surface area contributed by atoms with Crippen LogP contribution >= 0.6 is 11.3 Å². The summed E-state index contributed by atoms with van der Waals surface area (Å²) >= 11 is 1.21. The Kier molecular flexibility index (Phi) is 6.80. The summed E-state index contributed by atoms with van der Waals surface area (Å²) < 4.78 is 18.0. The summed E-state index contributed by atoms with van der Waals surface area (Å²) in [5.41, 5.74) is -0.105. The number of benzene rings is 1. The fourth-order valence-electron chi connectivity index (χ4n) is 1.72. The van der Waals surface area contributed by atoms with Crippen molar-refractivity contribution < 1.29 is 28.3 Å². The van der Waals surface area contributed by atoms with Crippen molar-refractivity contribution in [2.24, 2.45) is 0 Å². The topological polar surface area (TPSA) is 114 Å². The van der Waals surface area contributed by atoms with Crippen LogP contribution in [0.4, 0.5) is 14.9 Å². The molecule has 1 heterocycles. The van der Waals surface area contributed by atoms with Gasteiger partial charge in [-0.25, -0.2) is 9.18 Å². The predicted octanol–water partition coefficient (Wildman–Crippen LogP) is 1.51. The van der Waals surface area contributed by atoms with Gasteiger partial charge in [-0.05, 0) is 23.6 Å². The molecule has 136 valence electrons. The molecule has 0 spiro atoms. The lowest BCUT2D eigenvalue weighted by atomic mass is 10.3. The number of hydrogen-bond donors (Lipinski definition) is 3. The van der Waals surface area contributed by atoms with Gasteiger partial charge < -0.3 is 15.4 Å². The first-order valence-corrected chi connectivity index (χ1v) is 8.16. The Morgan fingerprint density at radius 3 is 2.54 bits per heavy atom. The van der Waals surface area contributed by atoms with Crippen LogP contribution in [0.5, 0.6) is 0 Å². The zero-order valence-electron chi connectivity index (χ0n) is 13.3. The molecule has 1 aromatic heterocycles. The van der Waals surface area contributed by atoms with Crippen LogP contribution in [0.3, 0.4) is 0 Å². The standard InChI is InChI=1S/C16H14FN3O5S/c17-10-4-1-2-5-11(10)19-16(24)20-13(21)9-25-14(22)8-18-15(23)12-6-3-7-26-12/h1-7H,8-9H2,(H,18,23)(H2,19,20,21,24). The smallest absolute Gasteiger partial charge is 0.326 e. The maximum atomic E-state index is 13.4. The third-order valence-corrected chi connectivity index (χ3v) is 3.75. The van der Waals surface area contributed by atoms with Crippen molar-refractivity contribution >= 4 is 40.8 Å². The van der Waals surface area contributed by atoms with Crippen molar-refractivity contribution in [2.45, 2.75) is 0 Å². The highest BCUT2D eigenvalue weighted by Gasteiger charge is 2.13. The molecule has 3 N–H and O–H groups in total. The molecule has 4 amide bonds. The second-order valence-electron chi connectivity index (χ2n) is 4.80. The summed E-state index contributed by atoms with van der Waals surface area (Å²) in [5, 5.41) is 8.07. The Morgan fingerprint density at radius 1 is 1.08 bits per heavy atom. The van der Waals surface area contributed by atoms with Crippen LogP contribution in [0.1, 0.15) is 9.67 Å². The number of nitrogens with one attached hydrogen (secondary N) is 3. The van der Waals surface area contributed by atoms with Gasteiger partial charge in [-0.3, -0.25) is 19.7 Å². The van der Waals surface area contributed by atoms with Crippen LogP contribution < -0.4 is 16.0 Å². The largest absolute Gasteiger partial charge is 0.454 e. The number of para-hydroxylation sites is 1. The van der Waals surface area contributed by atoms with Crippen LogP contribution in [-0.2, 0) is 14.3 Å². The van der Waals surface area contributed by atoms with Crippen molar-refractivity contribution in [3.63, 3.8) is 0 Å². The van der Waals surface area contributed by atoms with Gasteiger partial charge in [-0.2, -0.15) is 0 Å². The van der Waals surface area contributed by atoms with E-state index >= 15 is 0 Å². The minimum Gasteiger partial charge on any atom is -0.454 e. The monoisotopic (exact) mass is 379 g/mol. The molecule has 0 atom stereocenters. The van der Waals surface area contributed by atoms with Crippen molar-refractivity contribution in [1.82, 2.24) is 10.6 Å². The van der Waals surface area contributed by atoms with Gasteiger partial charge in [-0.15, -0.1) is 11.3 Å². The predicted molar refractivity (Wildman–Crippen MR) is 91.2 cm³/mol. The van der Waals surface area contributed by atoms with E-state index in [1.165, 1.54) is 29.5 Å². The fraction of sp³-hybridized carbons (Fsp3) is 0.125. The number of rotatable bonds is 6. The minimum absolute atomic E-state index is 0.105. The number of thiophene rings is 1. The highest BCUT2D eigenvalue weighted by atomic mass is 32.1. The third-order valence-electron chi connectivity index (χ3n) is 2.88. The molecule has 8 nitrogen and oxygen atoms in total. The Labute approximate surface area is 151 Å². The van der Waals surface area contributed by atoms with Gasteiger partial charge in [-0.1, -0.05) is 18.2 Å². The van der Waals surface area contributed by atoms with E-state index in [-0.39, 0.29) is 5.69 Å². The molecule has 0 aliphatic carbocycles. The molecule has 0 saturated carbocycles. The van der Waals surface area contributed by atoms with E-state index in [4.69, 9.17) is 0 Å². The van der Waals surface area contributed by atoms with Gasteiger partial charge >= 0.3 is 12.0 Å². The highest BCUT2D eigenvalue weighted by Crippen LogP contribution is 2.11. The Bertz CT molecular complexity index is 810. The molecule has 2 aromatic rings. The molecule has 0 radical (unpaired) electrons. The Balaban J connectivity index is 1.67. The summed E-state index contributed by atoms with van der Waals surface area (Å²) in [6, 6.07) is 7.72. The van der Waals surface area contributed by atoms with Crippen molar-refractivity contribution in [1.29, 1.82) is 0 Å². The summed E-state index contributed by atoms with van der Waals surface area (Å²) in [7, 11) is 0. The first-order chi connectivity index (χ1) is 12.5. The molecule has 0 aliphatic heterocycles. The molecular formula is C16H14FN3O5S. The van der Waals surface area contributed by atoms with Crippen LogP contribution in [0, 0.1) is 5.82 Å². The first-order valence-electron chi connectivity index (χ1n) is 7.28. The molecule has 0 unspecified atom stereocenters. The van der Waals surface area contributed by atoms with E-state index in [0.717, 1.165) is 6.07 Å². The second kappa shape index (κ2) is 9.28. The maximum Gasteiger partial charge on any atom is 0.326 e. The van der Waals surface area contributed by atoms with E-state index in [0.29, 0.717) is 4.88 Å². The first kappa shape index (κ1) is 19.1. The number of hydrogen-bond acceptors (Lipinski definition) is 6. The molecule has 0 saturated heterocycles. The summed E-state index contributed by atoms with van der Waals surface area (Å²) in [5.74, 6) is -2.86. The average molecular weight is 379 g/mol. The number of carbonyl (C=O) groups is 4. The van der Waals surface area contributed by atoms with Crippen molar-refractivity contribution in [2.75, 3.05) is 18.5 Å². The van der Waals surface area contributed by atoms with Gasteiger partial charge in [0, 0.05) is 0 Å². The molecule has 0 aliphatic rings. The third kappa shape index (κ3) is 5.98. The van der Waals surface area contributed by atoms with Crippen LogP contribution in [0.2, 0.25) is 0 Å². The number of anilines is 1. The highest BCUT2D eigenvalue weighted by molar-refractivity contribution is 7.12. The SMILES string of the molecule is O=C(COC(=O)CNC(=O)c1cccs1)NC(=O)Nc1ccccc1F.